The molecule has 7 nitrogen and oxygen atoms in total. The molecule has 0 aliphatic carbocycles. The van der Waals surface area contributed by atoms with Gasteiger partial charge >= 0.3 is 5.97 Å². The Bertz CT molecular complexity index is 925. The standard InChI is InChI=1S/C20H22N4O3.ClH/c1-2-27-20(26)19-13-18(23-24(19)11-3-9-21)15-8-10-22-17(12-15)14-4-6-16(25)7-5-14;/h4-8,10,12-13,25H,2-3,9,11,21H2,1H3;1H. The number of ether oxygens (including phenoxy) is 1. The zero-order chi connectivity index (χ0) is 19.2. The quantitative estimate of drug-likeness (QED) is 0.588. The van der Waals surface area contributed by atoms with Crippen molar-refractivity contribution in [3.63, 3.8) is 0 Å². The number of nitrogens with two attached hydrogens (primary N) is 1. The maximum Gasteiger partial charge on any atom is 0.356 e. The Labute approximate surface area is 169 Å². The van der Waals surface area contributed by atoms with Crippen LogP contribution in [0.5, 0.6) is 5.75 Å². The molecule has 28 heavy (non-hydrogen) atoms. The van der Waals surface area contributed by atoms with Crippen molar-refractivity contribution in [3.05, 3.63) is 54.4 Å². The molecule has 0 radical (unpaired) electrons. The third-order valence-corrected chi connectivity index (χ3v) is 4.06. The van der Waals surface area contributed by atoms with Gasteiger partial charge in [-0.1, -0.05) is 0 Å². The van der Waals surface area contributed by atoms with Crippen LogP contribution in [0.1, 0.15) is 23.8 Å². The van der Waals surface area contributed by atoms with Crippen molar-refractivity contribution in [3.8, 4) is 28.3 Å². The number of halogens is 1. The molecule has 0 bridgehead atoms. The molecular formula is C20H23ClN4O3. The molecule has 0 saturated carbocycles. The van der Waals surface area contributed by atoms with Crippen molar-refractivity contribution in [1.82, 2.24) is 14.8 Å². The van der Waals surface area contributed by atoms with Crippen LogP contribution in [0.15, 0.2) is 48.7 Å². The van der Waals surface area contributed by atoms with E-state index < -0.39 is 5.97 Å². The van der Waals surface area contributed by atoms with E-state index in [9.17, 15) is 9.90 Å². The molecule has 3 N–H and O–H groups in total. The fourth-order valence-corrected chi connectivity index (χ4v) is 2.72. The molecule has 0 spiro atoms. The Morgan fingerprint density at radius 3 is 2.57 bits per heavy atom. The minimum atomic E-state index is -0.402. The Morgan fingerprint density at radius 1 is 1.14 bits per heavy atom. The third kappa shape index (κ3) is 4.88. The van der Waals surface area contributed by atoms with Crippen molar-refractivity contribution in [2.24, 2.45) is 5.73 Å². The van der Waals surface area contributed by atoms with Gasteiger partial charge in [0, 0.05) is 23.9 Å². The number of aromatic nitrogens is 3. The van der Waals surface area contributed by atoms with E-state index in [-0.39, 0.29) is 18.2 Å². The van der Waals surface area contributed by atoms with E-state index in [0.717, 1.165) is 16.8 Å². The molecule has 0 amide bonds. The number of hydrogen-bond acceptors (Lipinski definition) is 6. The van der Waals surface area contributed by atoms with Crippen molar-refractivity contribution in [1.29, 1.82) is 0 Å². The predicted octanol–water partition coefficient (Wildman–Crippen LogP) is 3.27. The summed E-state index contributed by atoms with van der Waals surface area (Å²) >= 11 is 0. The van der Waals surface area contributed by atoms with E-state index in [4.69, 9.17) is 10.5 Å². The molecule has 8 heteroatoms. The van der Waals surface area contributed by atoms with Crippen molar-refractivity contribution in [2.45, 2.75) is 19.9 Å². The SMILES string of the molecule is CCOC(=O)c1cc(-c2ccnc(-c3ccc(O)cc3)c2)nn1CCCN.Cl. The second-order valence-corrected chi connectivity index (χ2v) is 5.98. The molecule has 2 aromatic heterocycles. The van der Waals surface area contributed by atoms with Gasteiger partial charge in [0.25, 0.3) is 0 Å². The van der Waals surface area contributed by atoms with Crippen molar-refractivity contribution in [2.75, 3.05) is 13.2 Å². The minimum Gasteiger partial charge on any atom is -0.508 e. The zero-order valence-electron chi connectivity index (χ0n) is 15.5. The molecule has 0 unspecified atom stereocenters. The first-order valence-electron chi connectivity index (χ1n) is 8.83. The number of nitrogens with zero attached hydrogens (tertiary/aromatic N) is 3. The van der Waals surface area contributed by atoms with Crippen LogP contribution in [0.25, 0.3) is 22.5 Å². The molecule has 3 aromatic rings. The smallest absolute Gasteiger partial charge is 0.356 e. The summed E-state index contributed by atoms with van der Waals surface area (Å²) in [6.45, 7) is 3.13. The Hall–Kier alpha value is -2.90. The largest absolute Gasteiger partial charge is 0.508 e. The first-order valence-corrected chi connectivity index (χ1v) is 8.83. The zero-order valence-corrected chi connectivity index (χ0v) is 16.4. The van der Waals surface area contributed by atoms with Gasteiger partial charge < -0.3 is 15.6 Å². The lowest BCUT2D eigenvalue weighted by Crippen LogP contribution is -2.15. The summed E-state index contributed by atoms with van der Waals surface area (Å²) in [7, 11) is 0. The molecule has 0 aliphatic rings. The van der Waals surface area contributed by atoms with Gasteiger partial charge in [-0.15, -0.1) is 12.4 Å². The lowest BCUT2D eigenvalue weighted by Gasteiger charge is -2.05. The number of carbonyl (C=O) groups is 1. The van der Waals surface area contributed by atoms with Crippen LogP contribution in [-0.4, -0.2) is 39.0 Å². The summed E-state index contributed by atoms with van der Waals surface area (Å²) in [4.78, 5) is 16.6. The summed E-state index contributed by atoms with van der Waals surface area (Å²) < 4.78 is 6.77. The second-order valence-electron chi connectivity index (χ2n) is 5.98. The number of rotatable bonds is 7. The highest BCUT2D eigenvalue weighted by molar-refractivity contribution is 5.89. The number of benzene rings is 1. The average molecular weight is 403 g/mol. The minimum absolute atomic E-state index is 0. The molecule has 3 rings (SSSR count). The molecule has 148 valence electrons. The first-order chi connectivity index (χ1) is 13.1. The lowest BCUT2D eigenvalue weighted by molar-refractivity contribution is 0.0511. The van der Waals surface area contributed by atoms with Gasteiger partial charge in [-0.05, 0) is 62.4 Å². The van der Waals surface area contributed by atoms with Gasteiger partial charge in [0.05, 0.1) is 18.0 Å². The highest BCUT2D eigenvalue weighted by atomic mass is 35.5. The maximum atomic E-state index is 12.2. The van der Waals surface area contributed by atoms with Crippen LogP contribution >= 0.6 is 12.4 Å². The molecule has 0 aliphatic heterocycles. The predicted molar refractivity (Wildman–Crippen MR) is 109 cm³/mol. The van der Waals surface area contributed by atoms with E-state index in [2.05, 4.69) is 10.1 Å². The molecule has 2 heterocycles. The van der Waals surface area contributed by atoms with Crippen molar-refractivity contribution < 1.29 is 14.6 Å². The van der Waals surface area contributed by atoms with Crippen LogP contribution in [-0.2, 0) is 11.3 Å². The Morgan fingerprint density at radius 2 is 1.89 bits per heavy atom. The molecule has 0 saturated heterocycles. The number of phenols is 1. The summed E-state index contributed by atoms with van der Waals surface area (Å²) in [5.74, 6) is -0.200. The Balaban J connectivity index is 0.00000280. The topological polar surface area (TPSA) is 103 Å². The van der Waals surface area contributed by atoms with Crippen molar-refractivity contribution >= 4 is 18.4 Å². The van der Waals surface area contributed by atoms with Crippen LogP contribution in [0, 0.1) is 0 Å². The van der Waals surface area contributed by atoms with Crippen LogP contribution in [0.2, 0.25) is 0 Å². The summed E-state index contributed by atoms with van der Waals surface area (Å²) in [5, 5.41) is 14.0. The Kier molecular flexibility index (Phi) is 7.54. The monoisotopic (exact) mass is 402 g/mol. The fourth-order valence-electron chi connectivity index (χ4n) is 2.72. The van der Waals surface area contributed by atoms with Gasteiger partial charge in [0.2, 0.25) is 0 Å². The highest BCUT2D eigenvalue weighted by Gasteiger charge is 2.17. The second kappa shape index (κ2) is 9.87. The van der Waals surface area contributed by atoms with Crippen LogP contribution in [0.4, 0.5) is 0 Å². The van der Waals surface area contributed by atoms with Gasteiger partial charge in [0.15, 0.2) is 0 Å². The van der Waals surface area contributed by atoms with Gasteiger partial charge in [-0.25, -0.2) is 4.79 Å². The highest BCUT2D eigenvalue weighted by Crippen LogP contribution is 2.26. The van der Waals surface area contributed by atoms with E-state index in [1.165, 1.54) is 0 Å². The van der Waals surface area contributed by atoms with Crippen LogP contribution < -0.4 is 5.73 Å². The van der Waals surface area contributed by atoms with E-state index in [1.54, 1.807) is 48.1 Å². The fraction of sp³-hybridized carbons (Fsp3) is 0.250. The molecular weight excluding hydrogens is 380 g/mol. The maximum absolute atomic E-state index is 12.2. The molecule has 1 aromatic carbocycles. The summed E-state index contributed by atoms with van der Waals surface area (Å²) in [6, 6.07) is 12.3. The van der Waals surface area contributed by atoms with Crippen LogP contribution in [0.3, 0.4) is 0 Å². The summed E-state index contributed by atoms with van der Waals surface area (Å²) in [5.41, 5.74) is 9.13. The average Bonchev–Trinajstić information content (AvgIpc) is 3.11. The third-order valence-electron chi connectivity index (χ3n) is 4.06. The first kappa shape index (κ1) is 21.4. The molecule has 0 fully saturated rings. The van der Waals surface area contributed by atoms with Gasteiger partial charge in [0.1, 0.15) is 11.4 Å². The number of pyridine rings is 1. The normalized spacial score (nSPS) is 10.4. The van der Waals surface area contributed by atoms with E-state index in [1.807, 2.05) is 12.1 Å². The summed E-state index contributed by atoms with van der Waals surface area (Å²) in [6.07, 6.45) is 2.41. The number of carbonyl (C=O) groups excluding carboxylic acids is 1. The number of hydrogen-bond donors (Lipinski definition) is 2. The molecule has 0 atom stereocenters. The number of aryl methyl sites for hydroxylation is 1. The number of aromatic hydroxyl groups is 1. The van der Waals surface area contributed by atoms with E-state index in [0.29, 0.717) is 37.5 Å². The van der Waals surface area contributed by atoms with Gasteiger partial charge in [-0.3, -0.25) is 9.67 Å². The van der Waals surface area contributed by atoms with Gasteiger partial charge in [-0.2, -0.15) is 5.10 Å². The lowest BCUT2D eigenvalue weighted by atomic mass is 10.1. The number of phenolic OH excluding ortho intramolecular Hbond substituents is 1. The number of esters is 1. The van der Waals surface area contributed by atoms with E-state index >= 15 is 0 Å².